The smallest absolute Gasteiger partial charge is 0.260 e. The van der Waals surface area contributed by atoms with Crippen LogP contribution in [0.5, 0.6) is 5.88 Å². The highest BCUT2D eigenvalue weighted by Gasteiger charge is 2.62. The molecule has 3 heterocycles. The standard InChI is InChI=1S/C27H30Cl2F2N4O3/c1-15(38-24-5-3-18(32)12-33-24)19-13-35(14-20(19)17-2-4-22(28)23(29)10-17)25(36)16-6-8-34(9-7-16)26(37)21-11-27(21,30)31/h2-5,10,12,15-16,19-21H,6-9,11,13-14,32H2,1H3/t15-,19?,20+,21?/m0/s1. The van der Waals surface area contributed by atoms with Gasteiger partial charge in [-0.1, -0.05) is 29.3 Å². The zero-order valence-electron chi connectivity index (χ0n) is 21.0. The van der Waals surface area contributed by atoms with Crippen molar-refractivity contribution in [2.75, 3.05) is 31.9 Å². The average molecular weight is 567 g/mol. The van der Waals surface area contributed by atoms with Crippen LogP contribution in [0, 0.1) is 17.8 Å². The van der Waals surface area contributed by atoms with Gasteiger partial charge in [-0.3, -0.25) is 9.59 Å². The van der Waals surface area contributed by atoms with E-state index >= 15 is 0 Å². The number of carbonyl (C=O) groups excluding carboxylic acids is 2. The number of nitrogens with zero attached hydrogens (tertiary/aromatic N) is 3. The molecule has 1 saturated carbocycles. The number of anilines is 1. The summed E-state index contributed by atoms with van der Waals surface area (Å²) < 4.78 is 32.8. The molecule has 4 atom stereocenters. The number of ether oxygens (including phenoxy) is 1. The van der Waals surface area contributed by atoms with E-state index < -0.39 is 17.7 Å². The molecule has 2 unspecified atom stereocenters. The molecule has 0 radical (unpaired) electrons. The van der Waals surface area contributed by atoms with E-state index in [-0.39, 0.29) is 36.2 Å². The van der Waals surface area contributed by atoms with Crippen molar-refractivity contribution in [1.29, 1.82) is 0 Å². The van der Waals surface area contributed by atoms with Crippen LogP contribution in [0.4, 0.5) is 14.5 Å². The average Bonchev–Trinajstić information content (AvgIpc) is 3.32. The maximum atomic E-state index is 13.6. The zero-order valence-corrected chi connectivity index (χ0v) is 22.5. The fraction of sp³-hybridized carbons (Fsp3) is 0.519. The van der Waals surface area contributed by atoms with E-state index in [0.717, 1.165) is 5.56 Å². The Morgan fingerprint density at radius 1 is 1.08 bits per heavy atom. The van der Waals surface area contributed by atoms with Gasteiger partial charge in [-0.2, -0.15) is 0 Å². The van der Waals surface area contributed by atoms with Gasteiger partial charge in [0.1, 0.15) is 12.0 Å². The van der Waals surface area contributed by atoms with Crippen molar-refractivity contribution in [1.82, 2.24) is 14.8 Å². The lowest BCUT2D eigenvalue weighted by atomic mass is 9.86. The van der Waals surface area contributed by atoms with Gasteiger partial charge in [-0.15, -0.1) is 0 Å². The Labute approximate surface area is 230 Å². The minimum atomic E-state index is -2.88. The monoisotopic (exact) mass is 566 g/mol. The molecule has 2 N–H and O–H groups in total. The molecule has 204 valence electrons. The van der Waals surface area contributed by atoms with Crippen molar-refractivity contribution >= 4 is 40.7 Å². The number of pyridine rings is 1. The lowest BCUT2D eigenvalue weighted by molar-refractivity contribution is -0.141. The summed E-state index contributed by atoms with van der Waals surface area (Å²) in [5, 5.41) is 0.901. The van der Waals surface area contributed by atoms with Crippen molar-refractivity contribution in [2.24, 2.45) is 17.8 Å². The van der Waals surface area contributed by atoms with Crippen molar-refractivity contribution in [2.45, 2.75) is 44.1 Å². The maximum absolute atomic E-state index is 13.6. The Bertz CT molecular complexity index is 1210. The van der Waals surface area contributed by atoms with E-state index in [2.05, 4.69) is 4.98 Å². The second-order valence-electron chi connectivity index (χ2n) is 10.6. The van der Waals surface area contributed by atoms with Crippen LogP contribution in [0.25, 0.3) is 0 Å². The number of carbonyl (C=O) groups is 2. The van der Waals surface area contributed by atoms with Gasteiger partial charge in [-0.05, 0) is 43.5 Å². The van der Waals surface area contributed by atoms with Crippen LogP contribution >= 0.6 is 23.2 Å². The second-order valence-corrected chi connectivity index (χ2v) is 11.4. The lowest BCUT2D eigenvalue weighted by Crippen LogP contribution is -2.45. The molecule has 5 rings (SSSR count). The van der Waals surface area contributed by atoms with Crippen LogP contribution in [0.2, 0.25) is 10.0 Å². The quantitative estimate of drug-likeness (QED) is 0.538. The van der Waals surface area contributed by atoms with Gasteiger partial charge in [0.2, 0.25) is 17.7 Å². The van der Waals surface area contributed by atoms with Crippen molar-refractivity contribution < 1.29 is 23.1 Å². The summed E-state index contributed by atoms with van der Waals surface area (Å²) in [4.78, 5) is 33.5. The minimum Gasteiger partial charge on any atom is -0.474 e. The molecular formula is C27H30Cl2F2N4O3. The highest BCUT2D eigenvalue weighted by atomic mass is 35.5. The van der Waals surface area contributed by atoms with Gasteiger partial charge in [0.05, 0.1) is 21.9 Å². The Kier molecular flexibility index (Phi) is 7.44. The Morgan fingerprint density at radius 2 is 1.79 bits per heavy atom. The number of likely N-dealkylation sites (tertiary alicyclic amines) is 2. The zero-order chi connectivity index (χ0) is 27.2. The van der Waals surface area contributed by atoms with Gasteiger partial charge in [0.15, 0.2) is 0 Å². The molecule has 3 fully saturated rings. The SMILES string of the molecule is C[C@H](Oc1ccc(N)cn1)C1CN(C(=O)C2CCN(C(=O)C3CC3(F)F)CC2)C[C@@H]1c1ccc(Cl)c(Cl)c1. The number of halogens is 4. The van der Waals surface area contributed by atoms with Gasteiger partial charge < -0.3 is 20.3 Å². The number of nitrogens with two attached hydrogens (primary N) is 1. The third-order valence-corrected chi connectivity index (χ3v) is 8.74. The summed E-state index contributed by atoms with van der Waals surface area (Å²) in [5.74, 6) is -4.47. The number of hydrogen-bond acceptors (Lipinski definition) is 5. The molecule has 1 aromatic heterocycles. The highest BCUT2D eigenvalue weighted by Crippen LogP contribution is 2.50. The van der Waals surface area contributed by atoms with E-state index in [0.29, 0.717) is 60.6 Å². The van der Waals surface area contributed by atoms with Gasteiger partial charge in [0, 0.05) is 56.4 Å². The van der Waals surface area contributed by atoms with Crippen molar-refractivity contribution in [3.05, 3.63) is 52.1 Å². The molecular weight excluding hydrogens is 537 g/mol. The molecule has 2 aliphatic heterocycles. The predicted molar refractivity (Wildman–Crippen MR) is 140 cm³/mol. The molecule has 3 aliphatic rings. The molecule has 1 aromatic carbocycles. The normalized spacial score (nSPS) is 25.8. The highest BCUT2D eigenvalue weighted by molar-refractivity contribution is 6.42. The number of rotatable bonds is 6. The van der Waals surface area contributed by atoms with Crippen molar-refractivity contribution in [3.8, 4) is 5.88 Å². The number of aromatic nitrogens is 1. The first kappa shape index (κ1) is 26.9. The molecule has 2 aromatic rings. The number of benzene rings is 1. The molecule has 2 saturated heterocycles. The summed E-state index contributed by atoms with van der Waals surface area (Å²) in [6.07, 6.45) is 1.81. The molecule has 0 spiro atoms. The second kappa shape index (κ2) is 10.5. The van der Waals surface area contributed by atoms with Crippen LogP contribution < -0.4 is 10.5 Å². The van der Waals surface area contributed by atoms with E-state index in [4.69, 9.17) is 33.7 Å². The van der Waals surface area contributed by atoms with E-state index in [1.54, 1.807) is 18.2 Å². The molecule has 11 heteroatoms. The molecule has 2 amide bonds. The Balaban J connectivity index is 1.28. The lowest BCUT2D eigenvalue weighted by Gasteiger charge is -2.33. The topological polar surface area (TPSA) is 88.8 Å². The Morgan fingerprint density at radius 3 is 2.39 bits per heavy atom. The van der Waals surface area contributed by atoms with Crippen LogP contribution in [0.15, 0.2) is 36.5 Å². The summed E-state index contributed by atoms with van der Waals surface area (Å²) in [5.41, 5.74) is 7.24. The largest absolute Gasteiger partial charge is 0.474 e. The van der Waals surface area contributed by atoms with E-state index in [9.17, 15) is 18.4 Å². The summed E-state index contributed by atoms with van der Waals surface area (Å²) >= 11 is 12.5. The predicted octanol–water partition coefficient (Wildman–Crippen LogP) is 4.87. The van der Waals surface area contributed by atoms with Crippen LogP contribution in [-0.4, -0.2) is 64.8 Å². The summed E-state index contributed by atoms with van der Waals surface area (Å²) in [7, 11) is 0. The third kappa shape index (κ3) is 5.54. The molecule has 1 aliphatic carbocycles. The number of piperidine rings is 1. The van der Waals surface area contributed by atoms with E-state index in [1.165, 1.54) is 11.1 Å². The van der Waals surface area contributed by atoms with Crippen molar-refractivity contribution in [3.63, 3.8) is 0 Å². The first-order valence-electron chi connectivity index (χ1n) is 12.8. The first-order valence-corrected chi connectivity index (χ1v) is 13.6. The van der Waals surface area contributed by atoms with Crippen LogP contribution in [0.3, 0.4) is 0 Å². The van der Waals surface area contributed by atoms with Gasteiger partial charge in [0.25, 0.3) is 5.92 Å². The fourth-order valence-electron chi connectivity index (χ4n) is 5.63. The molecule has 38 heavy (non-hydrogen) atoms. The molecule has 0 bridgehead atoms. The number of hydrogen-bond donors (Lipinski definition) is 1. The maximum Gasteiger partial charge on any atom is 0.260 e. The third-order valence-electron chi connectivity index (χ3n) is 8.00. The Hall–Kier alpha value is -2.65. The molecule has 7 nitrogen and oxygen atoms in total. The van der Waals surface area contributed by atoms with Crippen LogP contribution in [-0.2, 0) is 9.59 Å². The first-order chi connectivity index (χ1) is 18.0. The van der Waals surface area contributed by atoms with Gasteiger partial charge >= 0.3 is 0 Å². The fourth-order valence-corrected chi connectivity index (χ4v) is 5.93. The number of amides is 2. The van der Waals surface area contributed by atoms with Gasteiger partial charge in [-0.25, -0.2) is 13.8 Å². The number of nitrogen functional groups attached to an aromatic ring is 1. The van der Waals surface area contributed by atoms with E-state index in [1.807, 2.05) is 24.0 Å². The number of alkyl halides is 2. The van der Waals surface area contributed by atoms with Crippen LogP contribution in [0.1, 0.15) is 37.7 Å². The summed E-state index contributed by atoms with van der Waals surface area (Å²) in [6, 6.07) is 8.94. The summed E-state index contributed by atoms with van der Waals surface area (Å²) in [6.45, 7) is 3.55. The minimum absolute atomic E-state index is 0.0132.